The highest BCUT2D eigenvalue weighted by Gasteiger charge is 2.57. The van der Waals surface area contributed by atoms with E-state index in [1.807, 2.05) is 17.9 Å². The van der Waals surface area contributed by atoms with Gasteiger partial charge in [-0.25, -0.2) is 13.6 Å². The number of likely N-dealkylation sites (tertiary alicyclic amines) is 1. The first-order chi connectivity index (χ1) is 18.9. The minimum atomic E-state index is -2.74. The molecule has 1 aromatic rings. The SMILES string of the molecule is CN(C(=O)OC1CCC(F)(F)CC1)[C@@]1(C(=O)C2CCN(C(=O)C3(C)CC3)CC2)CNC[C@@H]1c1ccc(Cl)c(Cl)c1. The lowest BCUT2D eigenvalue weighted by Gasteiger charge is -2.45. The fourth-order valence-electron chi connectivity index (χ4n) is 6.60. The van der Waals surface area contributed by atoms with Crippen LogP contribution in [-0.4, -0.2) is 78.4 Å². The van der Waals surface area contributed by atoms with Crippen molar-refractivity contribution >= 4 is 41.0 Å². The van der Waals surface area contributed by atoms with Crippen molar-refractivity contribution in [1.29, 1.82) is 0 Å². The molecule has 2 aliphatic carbocycles. The number of hydrogen-bond donors (Lipinski definition) is 1. The summed E-state index contributed by atoms with van der Waals surface area (Å²) in [6.07, 6.45) is 0.983. The molecule has 220 valence electrons. The number of benzene rings is 1. The predicted octanol–water partition coefficient (Wildman–Crippen LogP) is 5.67. The van der Waals surface area contributed by atoms with Gasteiger partial charge in [0.25, 0.3) is 0 Å². The number of rotatable bonds is 6. The molecule has 7 nitrogen and oxygen atoms in total. The lowest BCUT2D eigenvalue weighted by Crippen LogP contribution is -2.62. The number of carbonyl (C=O) groups is 3. The molecule has 2 saturated carbocycles. The van der Waals surface area contributed by atoms with Crippen molar-refractivity contribution in [2.45, 2.75) is 81.8 Å². The molecule has 11 heteroatoms. The number of halogens is 4. The van der Waals surface area contributed by atoms with E-state index in [4.69, 9.17) is 27.9 Å². The molecule has 0 radical (unpaired) electrons. The summed E-state index contributed by atoms with van der Waals surface area (Å²) in [6.45, 7) is 3.61. The maximum absolute atomic E-state index is 14.5. The van der Waals surface area contributed by atoms with Gasteiger partial charge in [-0.15, -0.1) is 0 Å². The Morgan fingerprint density at radius 3 is 2.27 bits per heavy atom. The number of hydrogen-bond acceptors (Lipinski definition) is 5. The van der Waals surface area contributed by atoms with Gasteiger partial charge in [0.15, 0.2) is 5.78 Å². The van der Waals surface area contributed by atoms with Gasteiger partial charge < -0.3 is 15.0 Å². The Hall–Kier alpha value is -1.97. The third-order valence-electron chi connectivity index (χ3n) is 9.57. The molecule has 2 aliphatic heterocycles. The van der Waals surface area contributed by atoms with Crippen molar-refractivity contribution in [3.63, 3.8) is 0 Å². The summed E-state index contributed by atoms with van der Waals surface area (Å²) in [5.74, 6) is -3.47. The van der Waals surface area contributed by atoms with Crippen LogP contribution in [-0.2, 0) is 14.3 Å². The van der Waals surface area contributed by atoms with E-state index in [0.29, 0.717) is 42.5 Å². The number of piperidine rings is 1. The van der Waals surface area contributed by atoms with Crippen LogP contribution < -0.4 is 5.32 Å². The number of likely N-dealkylation sites (N-methyl/N-ethyl adjacent to an activating group) is 1. The summed E-state index contributed by atoms with van der Waals surface area (Å²) in [4.78, 5) is 44.2. The smallest absolute Gasteiger partial charge is 0.410 e. The van der Waals surface area contributed by atoms with E-state index in [1.165, 1.54) is 4.90 Å². The fraction of sp³-hybridized carbons (Fsp3) is 0.690. The van der Waals surface area contributed by atoms with Gasteiger partial charge in [0.2, 0.25) is 11.8 Å². The zero-order chi connectivity index (χ0) is 28.9. The number of nitrogens with one attached hydrogen (secondary N) is 1. The number of carbonyl (C=O) groups excluding carboxylic acids is 3. The van der Waals surface area contributed by atoms with Gasteiger partial charge in [0.1, 0.15) is 11.6 Å². The monoisotopic (exact) mass is 599 g/mol. The second-order valence-electron chi connectivity index (χ2n) is 12.3. The quantitative estimate of drug-likeness (QED) is 0.455. The van der Waals surface area contributed by atoms with E-state index in [0.717, 1.165) is 18.4 Å². The first kappa shape index (κ1) is 29.5. The molecule has 1 N–H and O–H groups in total. The van der Waals surface area contributed by atoms with Gasteiger partial charge >= 0.3 is 6.09 Å². The van der Waals surface area contributed by atoms with Crippen LogP contribution in [0.15, 0.2) is 18.2 Å². The van der Waals surface area contributed by atoms with Crippen molar-refractivity contribution in [3.8, 4) is 0 Å². The van der Waals surface area contributed by atoms with Crippen LogP contribution in [0.3, 0.4) is 0 Å². The maximum Gasteiger partial charge on any atom is 0.410 e. The van der Waals surface area contributed by atoms with Crippen LogP contribution in [0.5, 0.6) is 0 Å². The van der Waals surface area contributed by atoms with Crippen molar-refractivity contribution in [1.82, 2.24) is 15.1 Å². The molecule has 40 heavy (non-hydrogen) atoms. The normalized spacial score (nSPS) is 28.2. The van der Waals surface area contributed by atoms with Gasteiger partial charge in [-0.2, -0.15) is 0 Å². The molecule has 2 amide bonds. The molecular weight excluding hydrogens is 563 g/mol. The highest BCUT2D eigenvalue weighted by Crippen LogP contribution is 2.47. The van der Waals surface area contributed by atoms with Gasteiger partial charge in [-0.1, -0.05) is 36.2 Å². The molecule has 4 fully saturated rings. The van der Waals surface area contributed by atoms with Crippen LogP contribution in [0, 0.1) is 11.3 Å². The van der Waals surface area contributed by atoms with Crippen molar-refractivity contribution in [2.75, 3.05) is 33.2 Å². The summed E-state index contributed by atoms with van der Waals surface area (Å²) < 4.78 is 33.1. The summed E-state index contributed by atoms with van der Waals surface area (Å²) >= 11 is 12.5. The first-order valence-corrected chi connectivity index (χ1v) is 14.9. The summed E-state index contributed by atoms with van der Waals surface area (Å²) in [5, 5.41) is 4.05. The maximum atomic E-state index is 14.5. The molecule has 1 aromatic carbocycles. The van der Waals surface area contributed by atoms with Crippen molar-refractivity contribution in [3.05, 3.63) is 33.8 Å². The minimum absolute atomic E-state index is 0.0768. The Morgan fingerprint density at radius 1 is 1.02 bits per heavy atom. The Kier molecular flexibility index (Phi) is 8.14. The average molecular weight is 601 g/mol. The van der Waals surface area contributed by atoms with Crippen LogP contribution >= 0.6 is 23.2 Å². The number of amides is 2. The first-order valence-electron chi connectivity index (χ1n) is 14.2. The standard InChI is InChI=1S/C29H37Cl2F2N3O4/c1-27(11-12-27)25(38)36-13-7-18(8-14-36)24(37)29(17-34-16-21(29)19-3-4-22(30)23(31)15-19)35(2)26(39)40-20-5-9-28(32,33)10-6-20/h3-4,15,18,20-21,34H,5-14,16-17H2,1-2H3/t21-,29+/m1/s1. The molecule has 0 unspecified atom stereocenters. The third kappa shape index (κ3) is 5.58. The van der Waals surface area contributed by atoms with Gasteiger partial charge in [0, 0.05) is 63.3 Å². The molecule has 4 aliphatic rings. The van der Waals surface area contributed by atoms with Crippen LogP contribution in [0.2, 0.25) is 10.0 Å². The number of Topliss-reactive ketones (excluding diaryl/α,β-unsaturated/α-hetero) is 1. The topological polar surface area (TPSA) is 79.0 Å². The van der Waals surface area contributed by atoms with E-state index < -0.39 is 29.6 Å². The molecule has 5 rings (SSSR count). The fourth-order valence-corrected chi connectivity index (χ4v) is 6.90. The molecule has 2 heterocycles. The Morgan fingerprint density at radius 2 is 1.68 bits per heavy atom. The molecule has 2 saturated heterocycles. The van der Waals surface area contributed by atoms with E-state index in [1.54, 1.807) is 19.2 Å². The van der Waals surface area contributed by atoms with Gasteiger partial charge in [-0.05, 0) is 56.2 Å². The van der Waals surface area contributed by atoms with E-state index >= 15 is 0 Å². The van der Waals surface area contributed by atoms with Crippen LogP contribution in [0.1, 0.15) is 69.8 Å². The second kappa shape index (κ2) is 11.0. The average Bonchev–Trinajstić information content (AvgIpc) is 3.53. The minimum Gasteiger partial charge on any atom is -0.446 e. The molecule has 0 bridgehead atoms. The molecular formula is C29H37Cl2F2N3O4. The second-order valence-corrected chi connectivity index (χ2v) is 13.1. The van der Waals surface area contributed by atoms with Crippen molar-refractivity contribution in [2.24, 2.45) is 11.3 Å². The third-order valence-corrected chi connectivity index (χ3v) is 10.3. The van der Waals surface area contributed by atoms with Gasteiger partial charge in [-0.3, -0.25) is 14.5 Å². The Balaban J connectivity index is 1.39. The lowest BCUT2D eigenvalue weighted by atomic mass is 9.72. The highest BCUT2D eigenvalue weighted by atomic mass is 35.5. The summed E-state index contributed by atoms with van der Waals surface area (Å²) in [7, 11) is 1.56. The molecule has 0 spiro atoms. The zero-order valence-electron chi connectivity index (χ0n) is 23.0. The van der Waals surface area contributed by atoms with Gasteiger partial charge in [0.05, 0.1) is 10.0 Å². The van der Waals surface area contributed by atoms with E-state index in [9.17, 15) is 23.2 Å². The van der Waals surface area contributed by atoms with Crippen LogP contribution in [0.4, 0.5) is 13.6 Å². The Bertz CT molecular complexity index is 1160. The largest absolute Gasteiger partial charge is 0.446 e. The molecule has 0 aromatic heterocycles. The van der Waals surface area contributed by atoms with Crippen LogP contribution in [0.25, 0.3) is 0 Å². The highest BCUT2D eigenvalue weighted by molar-refractivity contribution is 6.42. The lowest BCUT2D eigenvalue weighted by molar-refractivity contribution is -0.142. The summed E-state index contributed by atoms with van der Waals surface area (Å²) in [5.41, 5.74) is -0.787. The molecule has 2 atom stereocenters. The zero-order valence-corrected chi connectivity index (χ0v) is 24.5. The van der Waals surface area contributed by atoms with E-state index in [2.05, 4.69) is 5.32 Å². The number of ether oxygens (including phenoxy) is 1. The van der Waals surface area contributed by atoms with Crippen molar-refractivity contribution < 1.29 is 27.9 Å². The number of alkyl halides is 2. The predicted molar refractivity (Wildman–Crippen MR) is 148 cm³/mol. The van der Waals surface area contributed by atoms with E-state index in [-0.39, 0.29) is 55.3 Å². The number of ketones is 1. The summed E-state index contributed by atoms with van der Waals surface area (Å²) in [6, 6.07) is 5.22. The Labute approximate surface area is 243 Å². The number of nitrogens with zero attached hydrogens (tertiary/aromatic N) is 2.